The Bertz CT molecular complexity index is 902. The molecule has 0 fully saturated rings. The van der Waals surface area contributed by atoms with Gasteiger partial charge in [-0.1, -0.05) is 11.6 Å². The van der Waals surface area contributed by atoms with E-state index in [4.69, 9.17) is 25.5 Å². The summed E-state index contributed by atoms with van der Waals surface area (Å²) >= 11 is 5.81. The van der Waals surface area contributed by atoms with Crippen LogP contribution >= 0.6 is 11.6 Å². The molecule has 162 valence electrons. The summed E-state index contributed by atoms with van der Waals surface area (Å²) in [5, 5.41) is 13.6. The molecular formula is C18H21ClN4O7. The van der Waals surface area contributed by atoms with Crippen molar-refractivity contribution in [1.29, 1.82) is 0 Å². The predicted molar refractivity (Wildman–Crippen MR) is 105 cm³/mol. The minimum absolute atomic E-state index is 0.0578. The Morgan fingerprint density at radius 1 is 1.30 bits per heavy atom. The second-order valence-electron chi connectivity index (χ2n) is 6.02. The number of oxazole rings is 1. The van der Waals surface area contributed by atoms with Crippen LogP contribution in [-0.2, 0) is 16.0 Å². The molecule has 2 amide bonds. The Morgan fingerprint density at radius 3 is 2.70 bits per heavy atom. The highest BCUT2D eigenvalue weighted by Gasteiger charge is 2.23. The van der Waals surface area contributed by atoms with Crippen molar-refractivity contribution in [2.75, 3.05) is 40.5 Å². The summed E-state index contributed by atoms with van der Waals surface area (Å²) in [5.41, 5.74) is -0.242. The molecule has 2 rings (SSSR count). The van der Waals surface area contributed by atoms with E-state index in [9.17, 15) is 19.7 Å². The maximum absolute atomic E-state index is 12.9. The molecule has 0 aliphatic rings. The molecular weight excluding hydrogens is 420 g/mol. The van der Waals surface area contributed by atoms with E-state index in [2.05, 4.69) is 10.3 Å². The molecule has 1 N–H and O–H groups in total. The molecule has 2 aromatic rings. The van der Waals surface area contributed by atoms with Crippen molar-refractivity contribution in [2.45, 2.75) is 6.54 Å². The average Bonchev–Trinajstić information content (AvgIpc) is 3.19. The maximum atomic E-state index is 12.9. The molecule has 0 bridgehead atoms. The van der Waals surface area contributed by atoms with Crippen LogP contribution in [0.15, 0.2) is 28.9 Å². The number of benzene rings is 1. The zero-order chi connectivity index (χ0) is 22.1. The summed E-state index contributed by atoms with van der Waals surface area (Å²) < 4.78 is 15.2. The predicted octanol–water partition coefficient (Wildman–Crippen LogP) is 1.90. The number of hydrogen-bond donors (Lipinski definition) is 1. The van der Waals surface area contributed by atoms with Crippen LogP contribution in [0.4, 0.5) is 5.69 Å². The van der Waals surface area contributed by atoms with E-state index in [1.54, 1.807) is 0 Å². The highest BCUT2D eigenvalue weighted by molar-refractivity contribution is 6.32. The lowest BCUT2D eigenvalue weighted by Gasteiger charge is -2.20. The topological polar surface area (TPSA) is 137 Å². The van der Waals surface area contributed by atoms with Crippen molar-refractivity contribution < 1.29 is 28.4 Å². The minimum Gasteiger partial charge on any atom is -0.446 e. The van der Waals surface area contributed by atoms with E-state index < -0.39 is 16.7 Å². The molecule has 0 saturated carbocycles. The number of carbonyl (C=O) groups is 2. The minimum atomic E-state index is -0.666. The smallest absolute Gasteiger partial charge is 0.288 e. The lowest BCUT2D eigenvalue weighted by atomic mass is 10.1. The molecule has 0 unspecified atom stereocenters. The first-order valence-corrected chi connectivity index (χ1v) is 9.18. The maximum Gasteiger partial charge on any atom is 0.288 e. The molecule has 1 aromatic heterocycles. The number of nitro benzene ring substituents is 1. The second kappa shape index (κ2) is 11.2. The Balaban J connectivity index is 2.16. The summed E-state index contributed by atoms with van der Waals surface area (Å²) in [6, 6.07) is 3.78. The molecule has 0 radical (unpaired) electrons. The quantitative estimate of drug-likeness (QED) is 0.317. The molecule has 0 spiro atoms. The van der Waals surface area contributed by atoms with Crippen LogP contribution in [0, 0.1) is 10.1 Å². The van der Waals surface area contributed by atoms with E-state index in [0.29, 0.717) is 13.2 Å². The van der Waals surface area contributed by atoms with Crippen molar-refractivity contribution >= 4 is 29.1 Å². The Kier molecular flexibility index (Phi) is 8.71. The van der Waals surface area contributed by atoms with E-state index in [1.165, 1.54) is 37.5 Å². The van der Waals surface area contributed by atoms with Crippen molar-refractivity contribution in [1.82, 2.24) is 15.2 Å². The monoisotopic (exact) mass is 440 g/mol. The molecule has 11 nitrogen and oxygen atoms in total. The summed E-state index contributed by atoms with van der Waals surface area (Å²) in [4.78, 5) is 40.8. The van der Waals surface area contributed by atoms with Crippen LogP contribution in [-0.4, -0.2) is 67.1 Å². The SMILES string of the molecule is COCCNC(=O)c1coc(CN(CCOC)C(=O)c2ccc(Cl)c([N+](=O)[O-])c2)n1. The van der Waals surface area contributed by atoms with Crippen LogP contribution in [0.2, 0.25) is 5.02 Å². The normalized spacial score (nSPS) is 10.6. The number of halogens is 1. The standard InChI is InChI=1S/C18H21ClN4O7/c1-28-7-5-20-17(24)14-11-30-16(21-14)10-22(6-8-29-2)18(25)12-3-4-13(19)15(9-12)23(26)27/h3-4,9,11H,5-8,10H2,1-2H3,(H,20,24). The van der Waals surface area contributed by atoms with Gasteiger partial charge in [-0.25, -0.2) is 4.98 Å². The van der Waals surface area contributed by atoms with Crippen LogP contribution in [0.25, 0.3) is 0 Å². The van der Waals surface area contributed by atoms with Gasteiger partial charge in [0.25, 0.3) is 17.5 Å². The van der Waals surface area contributed by atoms with Gasteiger partial charge in [0.15, 0.2) is 5.69 Å². The van der Waals surface area contributed by atoms with Gasteiger partial charge in [-0.15, -0.1) is 0 Å². The molecule has 1 heterocycles. The van der Waals surface area contributed by atoms with E-state index in [0.717, 1.165) is 6.07 Å². The average molecular weight is 441 g/mol. The number of nitrogens with one attached hydrogen (secondary N) is 1. The summed E-state index contributed by atoms with van der Waals surface area (Å²) in [7, 11) is 2.99. The summed E-state index contributed by atoms with van der Waals surface area (Å²) in [6.45, 7) is 0.980. The third-order valence-electron chi connectivity index (χ3n) is 3.94. The van der Waals surface area contributed by atoms with Gasteiger partial charge in [-0.05, 0) is 12.1 Å². The van der Waals surface area contributed by atoms with Crippen LogP contribution in [0.3, 0.4) is 0 Å². The fourth-order valence-corrected chi connectivity index (χ4v) is 2.62. The number of methoxy groups -OCH3 is 2. The summed E-state index contributed by atoms with van der Waals surface area (Å²) in [5.74, 6) is -0.818. The Morgan fingerprint density at radius 2 is 2.03 bits per heavy atom. The van der Waals surface area contributed by atoms with Crippen LogP contribution < -0.4 is 5.32 Å². The molecule has 0 atom stereocenters. The van der Waals surface area contributed by atoms with E-state index in [-0.39, 0.29) is 47.6 Å². The highest BCUT2D eigenvalue weighted by Crippen LogP contribution is 2.26. The number of carbonyl (C=O) groups excluding carboxylic acids is 2. The van der Waals surface area contributed by atoms with Gasteiger partial charge in [-0.3, -0.25) is 19.7 Å². The van der Waals surface area contributed by atoms with Gasteiger partial charge < -0.3 is 24.1 Å². The number of nitro groups is 1. The first-order valence-electron chi connectivity index (χ1n) is 8.81. The highest BCUT2D eigenvalue weighted by atomic mass is 35.5. The number of aromatic nitrogens is 1. The van der Waals surface area contributed by atoms with Gasteiger partial charge in [-0.2, -0.15) is 0 Å². The largest absolute Gasteiger partial charge is 0.446 e. The molecule has 0 aliphatic heterocycles. The number of amides is 2. The second-order valence-corrected chi connectivity index (χ2v) is 6.43. The lowest BCUT2D eigenvalue weighted by molar-refractivity contribution is -0.384. The molecule has 30 heavy (non-hydrogen) atoms. The molecule has 12 heteroatoms. The summed E-state index contributed by atoms with van der Waals surface area (Å²) in [6.07, 6.45) is 1.18. The number of nitrogens with zero attached hydrogens (tertiary/aromatic N) is 3. The van der Waals surface area contributed by atoms with Gasteiger partial charge in [0, 0.05) is 38.9 Å². The first-order chi connectivity index (χ1) is 14.4. The van der Waals surface area contributed by atoms with E-state index >= 15 is 0 Å². The van der Waals surface area contributed by atoms with Crippen LogP contribution in [0.5, 0.6) is 0 Å². The number of rotatable bonds is 11. The van der Waals surface area contributed by atoms with Crippen molar-refractivity contribution in [2.24, 2.45) is 0 Å². The molecule has 0 aliphatic carbocycles. The zero-order valence-electron chi connectivity index (χ0n) is 16.4. The van der Waals surface area contributed by atoms with Crippen molar-refractivity contribution in [3.8, 4) is 0 Å². The van der Waals surface area contributed by atoms with Crippen molar-refractivity contribution in [3.63, 3.8) is 0 Å². The third-order valence-corrected chi connectivity index (χ3v) is 4.26. The van der Waals surface area contributed by atoms with Gasteiger partial charge in [0.2, 0.25) is 5.89 Å². The van der Waals surface area contributed by atoms with Gasteiger partial charge in [0.1, 0.15) is 11.3 Å². The Hall–Kier alpha value is -3.02. The van der Waals surface area contributed by atoms with E-state index in [1.807, 2.05) is 0 Å². The van der Waals surface area contributed by atoms with Crippen molar-refractivity contribution in [3.05, 3.63) is 56.7 Å². The Labute approximate surface area is 177 Å². The fourth-order valence-electron chi connectivity index (χ4n) is 2.43. The van der Waals surface area contributed by atoms with Gasteiger partial charge in [0.05, 0.1) is 24.7 Å². The lowest BCUT2D eigenvalue weighted by Crippen LogP contribution is -2.33. The fraction of sp³-hybridized carbons (Fsp3) is 0.389. The molecule has 0 saturated heterocycles. The zero-order valence-corrected chi connectivity index (χ0v) is 17.2. The third kappa shape index (κ3) is 6.24. The molecule has 1 aromatic carbocycles. The first kappa shape index (κ1) is 23.3. The number of hydrogen-bond acceptors (Lipinski definition) is 8. The van der Waals surface area contributed by atoms with Crippen LogP contribution in [0.1, 0.15) is 26.7 Å². The number of ether oxygens (including phenoxy) is 2. The van der Waals surface area contributed by atoms with Gasteiger partial charge >= 0.3 is 0 Å².